The van der Waals surface area contributed by atoms with Crippen LogP contribution in [0.3, 0.4) is 0 Å². The van der Waals surface area contributed by atoms with Crippen molar-refractivity contribution in [1.29, 1.82) is 0 Å². The zero-order valence-corrected chi connectivity index (χ0v) is 19.9. The highest BCUT2D eigenvalue weighted by molar-refractivity contribution is 8.14. The molecule has 0 aromatic heterocycles. The van der Waals surface area contributed by atoms with Gasteiger partial charge in [-0.05, 0) is 24.0 Å². The minimum Gasteiger partial charge on any atom is -0.391 e. The van der Waals surface area contributed by atoms with Gasteiger partial charge in [-0.15, -0.1) is 0 Å². The lowest BCUT2D eigenvalue weighted by Crippen LogP contribution is -2.62. The Morgan fingerprint density at radius 2 is 1.68 bits per heavy atom. The molecule has 2 aromatic carbocycles. The first kappa shape index (κ1) is 25.0. The van der Waals surface area contributed by atoms with E-state index in [0.717, 1.165) is 5.56 Å². The fourth-order valence-corrected chi connectivity index (χ4v) is 5.53. The Morgan fingerprint density at radius 3 is 2.26 bits per heavy atom. The molecule has 9 heteroatoms. The van der Waals surface area contributed by atoms with Gasteiger partial charge >= 0.3 is 6.18 Å². The molecule has 5 unspecified atom stereocenters. The van der Waals surface area contributed by atoms with Gasteiger partial charge in [0.05, 0.1) is 18.8 Å². The third-order valence-corrected chi connectivity index (χ3v) is 7.56. The first-order chi connectivity index (χ1) is 16.2. The number of nitrogens with zero attached hydrogens (tertiary/aromatic N) is 2. The van der Waals surface area contributed by atoms with E-state index in [1.165, 1.54) is 11.8 Å². The van der Waals surface area contributed by atoms with Gasteiger partial charge in [-0.3, -0.25) is 4.99 Å². The van der Waals surface area contributed by atoms with E-state index in [0.29, 0.717) is 10.7 Å². The van der Waals surface area contributed by atoms with Crippen molar-refractivity contribution in [2.45, 2.75) is 61.3 Å². The molecule has 0 bridgehead atoms. The van der Waals surface area contributed by atoms with Crippen molar-refractivity contribution in [2.75, 3.05) is 14.1 Å². The van der Waals surface area contributed by atoms with Crippen LogP contribution < -0.4 is 0 Å². The van der Waals surface area contributed by atoms with Crippen LogP contribution in [0.4, 0.5) is 13.2 Å². The quantitative estimate of drug-likeness (QED) is 0.608. The normalized spacial score (nSPS) is 26.5. The number of amidine groups is 1. The third kappa shape index (κ3) is 5.27. The summed E-state index contributed by atoms with van der Waals surface area (Å²) in [5, 5.41) is 11.4. The van der Waals surface area contributed by atoms with Crippen molar-refractivity contribution in [1.82, 2.24) is 4.90 Å². The summed E-state index contributed by atoms with van der Waals surface area (Å²) in [7, 11) is 3.60. The molecule has 5 nitrogen and oxygen atoms in total. The topological polar surface area (TPSA) is 54.3 Å². The maximum Gasteiger partial charge on any atom is 0.420 e. The fraction of sp³-hybridized carbons (Fsp3) is 0.480. The molecule has 0 radical (unpaired) electrons. The molecule has 34 heavy (non-hydrogen) atoms. The molecule has 2 aromatic rings. The highest BCUT2D eigenvalue weighted by Gasteiger charge is 2.63. The molecule has 4 rings (SSSR count). The summed E-state index contributed by atoms with van der Waals surface area (Å²) >= 11 is 1.24. The van der Waals surface area contributed by atoms with E-state index >= 15 is 0 Å². The van der Waals surface area contributed by atoms with Crippen LogP contribution in [0.25, 0.3) is 0 Å². The number of fused-ring (bicyclic) bond motifs is 1. The van der Waals surface area contributed by atoms with Crippen molar-refractivity contribution in [3.8, 4) is 0 Å². The number of hydrogen-bond donors (Lipinski definition) is 1. The van der Waals surface area contributed by atoms with E-state index in [1.807, 2.05) is 6.07 Å². The molecule has 2 aliphatic heterocycles. The highest BCUT2D eigenvalue weighted by atomic mass is 32.2. The minimum atomic E-state index is -4.72. The van der Waals surface area contributed by atoms with Crippen LogP contribution in [-0.4, -0.2) is 64.7 Å². The zero-order valence-electron chi connectivity index (χ0n) is 19.1. The third-order valence-electron chi connectivity index (χ3n) is 6.26. The summed E-state index contributed by atoms with van der Waals surface area (Å²) < 4.78 is 56.6. The van der Waals surface area contributed by atoms with Crippen molar-refractivity contribution >= 4 is 16.9 Å². The number of thioether (sulfide) groups is 1. The van der Waals surface area contributed by atoms with Gasteiger partial charge in [0.25, 0.3) is 0 Å². The van der Waals surface area contributed by atoms with Gasteiger partial charge in [0, 0.05) is 20.5 Å². The monoisotopic (exact) mass is 494 g/mol. The summed E-state index contributed by atoms with van der Waals surface area (Å²) in [6, 6.07) is 17.2. The smallest absolute Gasteiger partial charge is 0.391 e. The van der Waals surface area contributed by atoms with Crippen LogP contribution in [0.15, 0.2) is 65.7 Å². The largest absolute Gasteiger partial charge is 0.420 e. The molecule has 0 aliphatic carbocycles. The maximum atomic E-state index is 14.9. The second kappa shape index (κ2) is 10.3. The molecule has 2 heterocycles. The van der Waals surface area contributed by atoms with Gasteiger partial charge in [0.15, 0.2) is 10.8 Å². The number of halogens is 3. The van der Waals surface area contributed by atoms with E-state index in [-0.39, 0.29) is 25.9 Å². The van der Waals surface area contributed by atoms with E-state index in [9.17, 15) is 18.3 Å². The van der Waals surface area contributed by atoms with Crippen molar-refractivity contribution in [3.63, 3.8) is 0 Å². The maximum absolute atomic E-state index is 14.9. The Kier molecular flexibility index (Phi) is 7.57. The molecular weight excluding hydrogens is 465 g/mol. The van der Waals surface area contributed by atoms with Crippen molar-refractivity contribution in [3.05, 3.63) is 71.8 Å². The summed E-state index contributed by atoms with van der Waals surface area (Å²) in [4.78, 5) is 6.24. The first-order valence-electron chi connectivity index (χ1n) is 11.2. The lowest BCUT2D eigenvalue weighted by Gasteiger charge is -2.46. The van der Waals surface area contributed by atoms with Crippen LogP contribution >= 0.6 is 11.8 Å². The number of aryl methyl sites for hydroxylation is 1. The number of aliphatic hydroxyl groups is 1. The number of alkyl halides is 3. The van der Waals surface area contributed by atoms with Crippen molar-refractivity contribution < 1.29 is 27.8 Å². The van der Waals surface area contributed by atoms with Gasteiger partial charge < -0.3 is 19.5 Å². The molecule has 1 saturated heterocycles. The summed E-state index contributed by atoms with van der Waals surface area (Å²) in [5.41, 5.74) is -1.88. The van der Waals surface area contributed by atoms with E-state index < -0.39 is 35.5 Å². The molecule has 5 atom stereocenters. The second-order valence-corrected chi connectivity index (χ2v) is 9.92. The number of benzene rings is 2. The standard InChI is InChI=1S/C25H29F3N2O3S/c1-30(2)23-29-21-19(31)15-20(33-22(21)34-23)24(25(26,27)28,14-13-17-9-5-3-6-10-17)32-16-18-11-7-4-8-12-18/h3-12,19-22,31H,13-16H2,1-2H3. The number of ether oxygens (including phenoxy) is 2. The number of hydrogen-bond acceptors (Lipinski definition) is 6. The number of rotatable bonds is 7. The highest BCUT2D eigenvalue weighted by Crippen LogP contribution is 2.48. The van der Waals surface area contributed by atoms with Gasteiger partial charge in [0.1, 0.15) is 11.5 Å². The molecule has 184 valence electrons. The Morgan fingerprint density at radius 1 is 1.06 bits per heavy atom. The lowest BCUT2D eigenvalue weighted by atomic mass is 9.83. The average Bonchev–Trinajstić information content (AvgIpc) is 3.25. The second-order valence-electron chi connectivity index (χ2n) is 8.86. The predicted octanol–water partition coefficient (Wildman–Crippen LogP) is 4.65. The molecule has 0 spiro atoms. The summed E-state index contributed by atoms with van der Waals surface area (Å²) in [6.07, 6.45) is -7.54. The van der Waals surface area contributed by atoms with Gasteiger partial charge in [0.2, 0.25) is 0 Å². The van der Waals surface area contributed by atoms with Gasteiger partial charge in [-0.1, -0.05) is 72.4 Å². The Labute approximate surface area is 202 Å². The number of aliphatic imine (C=N–C) groups is 1. The Bertz CT molecular complexity index is 929. The van der Waals surface area contributed by atoms with Gasteiger partial charge in [-0.2, -0.15) is 13.2 Å². The Hall–Kier alpha value is -2.07. The molecule has 1 N–H and O–H groups in total. The van der Waals surface area contributed by atoms with Crippen LogP contribution in [0, 0.1) is 0 Å². The molecule has 1 fully saturated rings. The molecule has 2 aliphatic rings. The molecular formula is C25H29F3N2O3S. The summed E-state index contributed by atoms with van der Waals surface area (Å²) in [6.45, 7) is -0.216. The van der Waals surface area contributed by atoms with E-state index in [1.54, 1.807) is 73.6 Å². The van der Waals surface area contributed by atoms with Crippen LogP contribution in [0.2, 0.25) is 0 Å². The molecule has 0 saturated carbocycles. The first-order valence-corrected chi connectivity index (χ1v) is 12.1. The summed E-state index contributed by atoms with van der Waals surface area (Å²) in [5.74, 6) is 0. The van der Waals surface area contributed by atoms with Crippen LogP contribution in [0.1, 0.15) is 24.0 Å². The zero-order chi connectivity index (χ0) is 24.3. The van der Waals surface area contributed by atoms with Crippen LogP contribution in [-0.2, 0) is 22.5 Å². The minimum absolute atomic E-state index is 0.159. The van der Waals surface area contributed by atoms with Gasteiger partial charge in [-0.25, -0.2) is 0 Å². The predicted molar refractivity (Wildman–Crippen MR) is 127 cm³/mol. The van der Waals surface area contributed by atoms with Crippen molar-refractivity contribution in [2.24, 2.45) is 4.99 Å². The number of aliphatic hydroxyl groups excluding tert-OH is 1. The van der Waals surface area contributed by atoms with E-state index in [2.05, 4.69) is 4.99 Å². The van der Waals surface area contributed by atoms with Crippen LogP contribution in [0.5, 0.6) is 0 Å². The lowest BCUT2D eigenvalue weighted by molar-refractivity contribution is -0.328. The van der Waals surface area contributed by atoms with E-state index in [4.69, 9.17) is 9.47 Å². The molecule has 0 amide bonds. The fourth-order valence-electron chi connectivity index (χ4n) is 4.36. The Balaban J connectivity index is 1.64. The SMILES string of the molecule is CN(C)C1=NC2C(O)CC(C(CCc3ccccc3)(OCc3ccccc3)C(F)(F)F)OC2S1. The average molecular weight is 495 g/mol.